The Morgan fingerprint density at radius 1 is 1.36 bits per heavy atom. The number of ether oxygens (including phenoxy) is 1. The number of hydrogen-bond donors (Lipinski definition) is 0. The maximum Gasteiger partial charge on any atom is 0.0594 e. The van der Waals surface area contributed by atoms with E-state index in [1.165, 1.54) is 0 Å². The molecule has 0 aliphatic carbocycles. The smallest absolute Gasteiger partial charge is 0.0594 e. The fourth-order valence-corrected chi connectivity index (χ4v) is 1.34. The summed E-state index contributed by atoms with van der Waals surface area (Å²) < 4.78 is 5.23. The molecular weight excluding hydrogens is 138 g/mol. The van der Waals surface area contributed by atoms with Crippen LogP contribution in [0.2, 0.25) is 0 Å². The van der Waals surface area contributed by atoms with E-state index in [1.807, 2.05) is 0 Å². The summed E-state index contributed by atoms with van der Waals surface area (Å²) in [5, 5.41) is 0. The molecule has 0 saturated carbocycles. The second-order valence-corrected chi connectivity index (χ2v) is 3.88. The summed E-state index contributed by atoms with van der Waals surface area (Å²) in [6.07, 6.45) is 0. The molecule has 0 aromatic rings. The zero-order chi connectivity index (χ0) is 8.32. The summed E-state index contributed by atoms with van der Waals surface area (Å²) in [7, 11) is 0. The highest BCUT2D eigenvalue weighted by atomic mass is 16.5. The van der Waals surface area contributed by atoms with Crippen molar-refractivity contribution in [2.24, 2.45) is 5.41 Å². The minimum atomic E-state index is -0.0721. The Kier molecular flexibility index (Phi) is 2.90. The molecule has 0 amide bonds. The molecule has 2 nitrogen and oxygen atoms in total. The Balaban J connectivity index is 2.24. The molecule has 0 aromatic heterocycles. The lowest BCUT2D eigenvalue weighted by molar-refractivity contribution is 0.0265. The van der Waals surface area contributed by atoms with E-state index in [-0.39, 0.29) is 5.41 Å². The van der Waals surface area contributed by atoms with Crippen LogP contribution in [0.25, 0.3) is 0 Å². The summed E-state index contributed by atoms with van der Waals surface area (Å²) in [6, 6.07) is 0. The Labute approximate surface area is 69.5 Å². The topological polar surface area (TPSA) is 12.5 Å². The zero-order valence-corrected chi connectivity index (χ0v) is 7.47. The van der Waals surface area contributed by atoms with Gasteiger partial charge in [-0.3, -0.25) is 4.90 Å². The van der Waals surface area contributed by atoms with Crippen LogP contribution in [0.15, 0.2) is 0 Å². The van der Waals surface area contributed by atoms with Crippen molar-refractivity contribution in [1.82, 2.24) is 4.90 Å². The lowest BCUT2D eigenvalue weighted by Gasteiger charge is -2.32. The minimum Gasteiger partial charge on any atom is -0.379 e. The third-order valence-corrected chi connectivity index (χ3v) is 1.73. The second kappa shape index (κ2) is 3.55. The summed E-state index contributed by atoms with van der Waals surface area (Å²) in [5.74, 6) is 0. The molecule has 2 heteroatoms. The first kappa shape index (κ1) is 9.01. The summed E-state index contributed by atoms with van der Waals surface area (Å²) in [5.41, 5.74) is -0.0721. The van der Waals surface area contributed by atoms with E-state index in [0.29, 0.717) is 0 Å². The van der Waals surface area contributed by atoms with E-state index < -0.39 is 0 Å². The van der Waals surface area contributed by atoms with Crippen LogP contribution in [-0.4, -0.2) is 37.7 Å². The number of morpholine rings is 1. The largest absolute Gasteiger partial charge is 0.379 e. The van der Waals surface area contributed by atoms with Gasteiger partial charge in [-0.05, 0) is 12.3 Å². The minimum absolute atomic E-state index is 0.0721. The van der Waals surface area contributed by atoms with Gasteiger partial charge in [0, 0.05) is 19.6 Å². The van der Waals surface area contributed by atoms with Crippen LogP contribution in [0.1, 0.15) is 13.8 Å². The number of rotatable bonds is 2. The SMILES string of the molecule is [CH]C(C)(C)CN1CCOCC1. The molecule has 1 fully saturated rings. The first-order valence-electron chi connectivity index (χ1n) is 4.17. The molecule has 0 atom stereocenters. The molecule has 11 heavy (non-hydrogen) atoms. The van der Waals surface area contributed by atoms with Gasteiger partial charge in [0.15, 0.2) is 0 Å². The van der Waals surface area contributed by atoms with Gasteiger partial charge in [-0.15, -0.1) is 0 Å². The molecule has 0 N–H and O–H groups in total. The fourth-order valence-electron chi connectivity index (χ4n) is 1.34. The van der Waals surface area contributed by atoms with Crippen molar-refractivity contribution < 1.29 is 4.74 Å². The molecule has 1 aliphatic rings. The van der Waals surface area contributed by atoms with E-state index in [1.54, 1.807) is 0 Å². The molecule has 0 unspecified atom stereocenters. The van der Waals surface area contributed by atoms with Gasteiger partial charge in [0.2, 0.25) is 0 Å². The van der Waals surface area contributed by atoms with E-state index in [2.05, 4.69) is 18.7 Å². The highest BCUT2D eigenvalue weighted by molar-refractivity contribution is 4.76. The quantitative estimate of drug-likeness (QED) is 0.591. The van der Waals surface area contributed by atoms with Crippen LogP contribution < -0.4 is 0 Å². The van der Waals surface area contributed by atoms with Gasteiger partial charge >= 0.3 is 0 Å². The molecule has 0 bridgehead atoms. The van der Waals surface area contributed by atoms with Crippen LogP contribution >= 0.6 is 0 Å². The lowest BCUT2D eigenvalue weighted by Crippen LogP contribution is -2.41. The molecule has 0 aromatic carbocycles. The Bertz CT molecular complexity index is 111. The second-order valence-electron chi connectivity index (χ2n) is 3.88. The van der Waals surface area contributed by atoms with Gasteiger partial charge in [-0.1, -0.05) is 13.8 Å². The molecule has 1 aliphatic heterocycles. The third-order valence-electron chi connectivity index (χ3n) is 1.73. The lowest BCUT2D eigenvalue weighted by atomic mass is 9.96. The highest BCUT2D eigenvalue weighted by Crippen LogP contribution is 2.14. The Morgan fingerprint density at radius 3 is 2.36 bits per heavy atom. The van der Waals surface area contributed by atoms with Crippen molar-refractivity contribution >= 4 is 0 Å². The normalized spacial score (nSPS) is 22.1. The van der Waals surface area contributed by atoms with Crippen molar-refractivity contribution in [2.45, 2.75) is 13.8 Å². The van der Waals surface area contributed by atoms with Gasteiger partial charge < -0.3 is 4.74 Å². The standard InChI is InChI=1S/C9H17NO/c1-9(2,3)8-10-4-6-11-7-5-10/h1H,4-8H2,2-3H3. The van der Waals surface area contributed by atoms with Gasteiger partial charge in [-0.2, -0.15) is 0 Å². The zero-order valence-electron chi connectivity index (χ0n) is 7.47. The van der Waals surface area contributed by atoms with Crippen molar-refractivity contribution in [1.29, 1.82) is 0 Å². The van der Waals surface area contributed by atoms with Gasteiger partial charge in [-0.25, -0.2) is 0 Å². The maximum absolute atomic E-state index is 5.88. The average molecular weight is 155 g/mol. The highest BCUT2D eigenvalue weighted by Gasteiger charge is 2.18. The van der Waals surface area contributed by atoms with Gasteiger partial charge in [0.05, 0.1) is 13.2 Å². The van der Waals surface area contributed by atoms with Crippen LogP contribution in [0, 0.1) is 12.3 Å². The predicted octanol–water partition coefficient (Wildman–Crippen LogP) is 1.06. The van der Waals surface area contributed by atoms with Crippen molar-refractivity contribution in [3.63, 3.8) is 0 Å². The molecule has 2 radical (unpaired) electrons. The Hall–Kier alpha value is -0.0800. The first-order chi connectivity index (χ1) is 5.08. The van der Waals surface area contributed by atoms with Crippen molar-refractivity contribution in [2.75, 3.05) is 32.8 Å². The molecule has 1 heterocycles. The van der Waals surface area contributed by atoms with E-state index in [0.717, 1.165) is 32.8 Å². The van der Waals surface area contributed by atoms with Crippen LogP contribution in [0.4, 0.5) is 0 Å². The maximum atomic E-state index is 5.88. The summed E-state index contributed by atoms with van der Waals surface area (Å²) >= 11 is 0. The number of hydrogen-bond acceptors (Lipinski definition) is 2. The molecular formula is C9H17NO. The third kappa shape index (κ3) is 3.73. The molecule has 0 spiro atoms. The number of nitrogens with zero attached hydrogens (tertiary/aromatic N) is 1. The van der Waals surface area contributed by atoms with Crippen LogP contribution in [-0.2, 0) is 4.74 Å². The molecule has 64 valence electrons. The summed E-state index contributed by atoms with van der Waals surface area (Å²) in [4.78, 5) is 2.35. The summed E-state index contributed by atoms with van der Waals surface area (Å²) in [6.45, 7) is 14.7. The van der Waals surface area contributed by atoms with Crippen LogP contribution in [0.3, 0.4) is 0 Å². The monoisotopic (exact) mass is 155 g/mol. The van der Waals surface area contributed by atoms with Crippen molar-refractivity contribution in [3.05, 3.63) is 6.92 Å². The molecule has 1 rings (SSSR count). The van der Waals surface area contributed by atoms with Crippen LogP contribution in [0.5, 0.6) is 0 Å². The van der Waals surface area contributed by atoms with E-state index in [9.17, 15) is 0 Å². The van der Waals surface area contributed by atoms with Crippen molar-refractivity contribution in [3.8, 4) is 0 Å². The van der Waals surface area contributed by atoms with E-state index >= 15 is 0 Å². The average Bonchev–Trinajstić information content (AvgIpc) is 1.85. The molecule has 1 saturated heterocycles. The predicted molar refractivity (Wildman–Crippen MR) is 45.3 cm³/mol. The fraction of sp³-hybridized carbons (Fsp3) is 0.889. The Morgan fingerprint density at radius 2 is 1.91 bits per heavy atom. The van der Waals surface area contributed by atoms with Gasteiger partial charge in [0.1, 0.15) is 0 Å². The van der Waals surface area contributed by atoms with E-state index in [4.69, 9.17) is 11.7 Å². The van der Waals surface area contributed by atoms with Gasteiger partial charge in [0.25, 0.3) is 0 Å². The first-order valence-corrected chi connectivity index (χ1v) is 4.17.